The molecule has 4 rings (SSSR count). The summed E-state index contributed by atoms with van der Waals surface area (Å²) >= 11 is 0. The van der Waals surface area contributed by atoms with E-state index in [1.54, 1.807) is 0 Å². The molecule has 0 amide bonds. The van der Waals surface area contributed by atoms with Crippen molar-refractivity contribution in [2.24, 2.45) is 5.92 Å². The van der Waals surface area contributed by atoms with Crippen LogP contribution in [0.3, 0.4) is 0 Å². The van der Waals surface area contributed by atoms with E-state index < -0.39 is 0 Å². The number of pyridine rings is 1. The first-order valence-electron chi connectivity index (χ1n) is 7.69. The van der Waals surface area contributed by atoms with Gasteiger partial charge in [-0.1, -0.05) is 6.07 Å². The van der Waals surface area contributed by atoms with Crippen molar-refractivity contribution in [1.29, 1.82) is 0 Å². The highest BCUT2D eigenvalue weighted by Gasteiger charge is 2.33. The van der Waals surface area contributed by atoms with E-state index in [4.69, 9.17) is 4.98 Å². The lowest BCUT2D eigenvalue weighted by atomic mass is 9.99. The third-order valence-electron chi connectivity index (χ3n) is 4.33. The molecule has 2 aliphatic rings. The molecule has 0 radical (unpaired) electrons. The highest BCUT2D eigenvalue weighted by atomic mass is 15.4. The summed E-state index contributed by atoms with van der Waals surface area (Å²) in [6.45, 7) is 3.40. The van der Waals surface area contributed by atoms with Gasteiger partial charge in [0.05, 0.1) is 0 Å². The molecule has 0 spiro atoms. The first-order valence-corrected chi connectivity index (χ1v) is 7.69. The summed E-state index contributed by atoms with van der Waals surface area (Å²) in [5, 5.41) is 8.16. The van der Waals surface area contributed by atoms with Crippen LogP contribution in [0.1, 0.15) is 25.7 Å². The third kappa shape index (κ3) is 2.38. The van der Waals surface area contributed by atoms with E-state index in [1.165, 1.54) is 32.2 Å². The van der Waals surface area contributed by atoms with Gasteiger partial charge in [-0.25, -0.2) is 4.52 Å². The van der Waals surface area contributed by atoms with Gasteiger partial charge in [0.1, 0.15) is 0 Å². The zero-order valence-electron chi connectivity index (χ0n) is 11.7. The Hall–Kier alpha value is -1.62. The van der Waals surface area contributed by atoms with Crippen molar-refractivity contribution in [2.45, 2.75) is 31.7 Å². The minimum Gasteiger partial charge on any atom is -0.336 e. The number of piperidine rings is 1. The number of hydrogen-bond acceptors (Lipinski definition) is 4. The molecule has 1 saturated carbocycles. The van der Waals surface area contributed by atoms with E-state index in [1.807, 2.05) is 28.9 Å². The number of fused-ring (bicyclic) bond motifs is 1. The fraction of sp³-hybridized carbons (Fsp3) is 0.600. The van der Waals surface area contributed by atoms with E-state index in [0.29, 0.717) is 6.04 Å². The van der Waals surface area contributed by atoms with Crippen LogP contribution in [0.25, 0.3) is 5.65 Å². The average Bonchev–Trinajstić information content (AvgIpc) is 3.24. The van der Waals surface area contributed by atoms with Gasteiger partial charge in [-0.2, -0.15) is 4.98 Å². The third-order valence-corrected chi connectivity index (χ3v) is 4.33. The molecule has 0 aromatic carbocycles. The van der Waals surface area contributed by atoms with Crippen molar-refractivity contribution in [2.75, 3.05) is 24.5 Å². The lowest BCUT2D eigenvalue weighted by Gasteiger charge is -2.29. The Balaban J connectivity index is 1.58. The van der Waals surface area contributed by atoms with Gasteiger partial charge >= 0.3 is 0 Å². The second-order valence-corrected chi connectivity index (χ2v) is 6.01. The van der Waals surface area contributed by atoms with Crippen LogP contribution in [0.4, 0.5) is 5.95 Å². The molecule has 1 N–H and O–H groups in total. The summed E-state index contributed by atoms with van der Waals surface area (Å²) in [6, 6.07) is 6.69. The predicted molar refractivity (Wildman–Crippen MR) is 78.9 cm³/mol. The van der Waals surface area contributed by atoms with Gasteiger partial charge in [0.15, 0.2) is 5.65 Å². The molecule has 1 saturated heterocycles. The highest BCUT2D eigenvalue weighted by Crippen LogP contribution is 2.31. The van der Waals surface area contributed by atoms with E-state index >= 15 is 0 Å². The molecular formula is C15H21N5. The maximum Gasteiger partial charge on any atom is 0.245 e. The first-order chi connectivity index (χ1) is 9.90. The summed E-state index contributed by atoms with van der Waals surface area (Å²) < 4.78 is 1.88. The zero-order valence-corrected chi connectivity index (χ0v) is 11.7. The van der Waals surface area contributed by atoms with Gasteiger partial charge in [-0.3, -0.25) is 0 Å². The number of nitrogens with zero attached hydrogens (tertiary/aromatic N) is 4. The largest absolute Gasteiger partial charge is 0.336 e. The molecular weight excluding hydrogens is 250 g/mol. The monoisotopic (exact) mass is 271 g/mol. The number of rotatable bonds is 4. The smallest absolute Gasteiger partial charge is 0.245 e. The van der Waals surface area contributed by atoms with Gasteiger partial charge < -0.3 is 10.2 Å². The fourth-order valence-corrected chi connectivity index (χ4v) is 3.08. The lowest BCUT2D eigenvalue weighted by Crippen LogP contribution is -2.39. The van der Waals surface area contributed by atoms with Gasteiger partial charge in [-0.15, -0.1) is 5.10 Å². The standard InChI is InChI=1S/C15H21N5/c1-2-9-20-14(5-1)17-15(18-20)19(13-6-7-13)11-12-4-3-8-16-10-12/h1-2,5,9,12-13,16H,3-4,6-8,10-11H2. The zero-order chi connectivity index (χ0) is 13.4. The fourth-order valence-electron chi connectivity index (χ4n) is 3.08. The Labute approximate surface area is 119 Å². The lowest BCUT2D eigenvalue weighted by molar-refractivity contribution is 0.374. The second kappa shape index (κ2) is 5.05. The van der Waals surface area contributed by atoms with Gasteiger partial charge in [0.25, 0.3) is 0 Å². The van der Waals surface area contributed by atoms with Crippen LogP contribution in [0.2, 0.25) is 0 Å². The van der Waals surface area contributed by atoms with E-state index in [9.17, 15) is 0 Å². The van der Waals surface area contributed by atoms with Crippen molar-refractivity contribution in [1.82, 2.24) is 19.9 Å². The molecule has 0 bridgehead atoms. The van der Waals surface area contributed by atoms with Crippen molar-refractivity contribution >= 4 is 11.6 Å². The van der Waals surface area contributed by atoms with E-state index in [-0.39, 0.29) is 0 Å². The molecule has 2 aromatic heterocycles. The summed E-state index contributed by atoms with van der Waals surface area (Å²) in [6.07, 6.45) is 7.16. The highest BCUT2D eigenvalue weighted by molar-refractivity contribution is 5.45. The summed E-state index contributed by atoms with van der Waals surface area (Å²) in [5.41, 5.74) is 0.940. The van der Waals surface area contributed by atoms with Crippen LogP contribution < -0.4 is 10.2 Å². The summed E-state index contributed by atoms with van der Waals surface area (Å²) in [5.74, 6) is 1.64. The van der Waals surface area contributed by atoms with Gasteiger partial charge in [-0.05, 0) is 56.8 Å². The number of aromatic nitrogens is 3. The Morgan fingerprint density at radius 2 is 2.25 bits per heavy atom. The van der Waals surface area contributed by atoms with Gasteiger partial charge in [0, 0.05) is 18.8 Å². The Morgan fingerprint density at radius 3 is 3.00 bits per heavy atom. The molecule has 1 unspecified atom stereocenters. The Kier molecular flexibility index (Phi) is 3.07. The van der Waals surface area contributed by atoms with Crippen LogP contribution in [0.5, 0.6) is 0 Å². The van der Waals surface area contributed by atoms with Crippen LogP contribution >= 0.6 is 0 Å². The molecule has 20 heavy (non-hydrogen) atoms. The van der Waals surface area contributed by atoms with Crippen molar-refractivity contribution in [3.8, 4) is 0 Å². The molecule has 1 atom stereocenters. The SMILES string of the molecule is c1ccn2nc(N(CC3CCCNC3)C3CC3)nc2c1. The summed E-state index contributed by atoms with van der Waals surface area (Å²) in [7, 11) is 0. The predicted octanol–water partition coefficient (Wildman–Crippen LogP) is 1.70. The van der Waals surface area contributed by atoms with Crippen LogP contribution in [0.15, 0.2) is 24.4 Å². The average molecular weight is 271 g/mol. The van der Waals surface area contributed by atoms with E-state index in [0.717, 1.165) is 30.6 Å². The molecule has 5 nitrogen and oxygen atoms in total. The van der Waals surface area contributed by atoms with Crippen molar-refractivity contribution in [3.05, 3.63) is 24.4 Å². The summed E-state index contributed by atoms with van der Waals surface area (Å²) in [4.78, 5) is 7.13. The maximum atomic E-state index is 4.70. The minimum absolute atomic E-state index is 0.661. The maximum absolute atomic E-state index is 4.70. The van der Waals surface area contributed by atoms with E-state index in [2.05, 4.69) is 15.3 Å². The van der Waals surface area contributed by atoms with Crippen LogP contribution in [-0.2, 0) is 0 Å². The Bertz CT molecular complexity index is 550. The van der Waals surface area contributed by atoms with Crippen LogP contribution in [0, 0.1) is 5.92 Å². The molecule has 2 aromatic rings. The molecule has 1 aliphatic heterocycles. The second-order valence-electron chi connectivity index (χ2n) is 6.01. The quantitative estimate of drug-likeness (QED) is 0.919. The van der Waals surface area contributed by atoms with Crippen LogP contribution in [-0.4, -0.2) is 40.3 Å². The minimum atomic E-state index is 0.661. The molecule has 2 fully saturated rings. The molecule has 3 heterocycles. The number of anilines is 1. The topological polar surface area (TPSA) is 45.5 Å². The number of nitrogens with one attached hydrogen (secondary N) is 1. The molecule has 106 valence electrons. The van der Waals surface area contributed by atoms with Gasteiger partial charge in [0.2, 0.25) is 5.95 Å². The van der Waals surface area contributed by atoms with Crippen molar-refractivity contribution in [3.63, 3.8) is 0 Å². The first kappa shape index (κ1) is 12.1. The van der Waals surface area contributed by atoms with Crippen molar-refractivity contribution < 1.29 is 0 Å². The normalized spacial score (nSPS) is 23.1. The Morgan fingerprint density at radius 1 is 1.30 bits per heavy atom. The molecule has 1 aliphatic carbocycles. The molecule has 5 heteroatoms. The number of hydrogen-bond donors (Lipinski definition) is 1.